The van der Waals surface area contributed by atoms with Gasteiger partial charge in [-0.2, -0.15) is 0 Å². The standard InChI is InChI=1S/C16H16BrClN2O/c1-2-9-20(13-6-4-12(19)5-7-13)16(21)14-8-3-11(17)10-15(14)18/h3-8,10H,2,9,19H2,1H3. The number of hydrogen-bond donors (Lipinski definition) is 1. The van der Waals surface area contributed by atoms with Gasteiger partial charge in [-0.05, 0) is 48.9 Å². The third-order valence-corrected chi connectivity index (χ3v) is 3.86. The fourth-order valence-electron chi connectivity index (χ4n) is 2.03. The molecule has 0 aliphatic rings. The molecule has 0 aromatic heterocycles. The zero-order valence-corrected chi connectivity index (χ0v) is 14.0. The van der Waals surface area contributed by atoms with E-state index in [2.05, 4.69) is 15.9 Å². The van der Waals surface area contributed by atoms with Crippen molar-refractivity contribution >= 4 is 44.8 Å². The Bertz CT molecular complexity index is 643. The fraction of sp³-hybridized carbons (Fsp3) is 0.188. The number of nitrogen functional groups attached to an aromatic ring is 1. The van der Waals surface area contributed by atoms with Gasteiger partial charge in [-0.1, -0.05) is 34.5 Å². The summed E-state index contributed by atoms with van der Waals surface area (Å²) in [5.41, 5.74) is 7.68. The summed E-state index contributed by atoms with van der Waals surface area (Å²) < 4.78 is 0.846. The van der Waals surface area contributed by atoms with Crippen LogP contribution in [0.2, 0.25) is 5.02 Å². The Morgan fingerprint density at radius 2 is 1.90 bits per heavy atom. The molecular weight excluding hydrogens is 352 g/mol. The van der Waals surface area contributed by atoms with E-state index in [1.165, 1.54) is 0 Å². The average Bonchev–Trinajstić information content (AvgIpc) is 2.45. The van der Waals surface area contributed by atoms with E-state index in [1.807, 2.05) is 25.1 Å². The Morgan fingerprint density at radius 3 is 2.48 bits per heavy atom. The Hall–Kier alpha value is -1.52. The molecule has 5 heteroatoms. The summed E-state index contributed by atoms with van der Waals surface area (Å²) >= 11 is 9.53. The van der Waals surface area contributed by atoms with Crippen LogP contribution < -0.4 is 10.6 Å². The molecule has 2 N–H and O–H groups in total. The molecule has 2 aromatic carbocycles. The molecule has 0 heterocycles. The maximum absolute atomic E-state index is 12.7. The van der Waals surface area contributed by atoms with Crippen LogP contribution in [0, 0.1) is 0 Å². The maximum atomic E-state index is 12.7. The minimum absolute atomic E-state index is 0.112. The number of rotatable bonds is 4. The van der Waals surface area contributed by atoms with Crippen LogP contribution in [0.25, 0.3) is 0 Å². The summed E-state index contributed by atoms with van der Waals surface area (Å²) in [6, 6.07) is 12.5. The van der Waals surface area contributed by atoms with Crippen molar-refractivity contribution in [1.29, 1.82) is 0 Å². The number of hydrogen-bond acceptors (Lipinski definition) is 2. The van der Waals surface area contributed by atoms with E-state index in [-0.39, 0.29) is 5.91 Å². The van der Waals surface area contributed by atoms with E-state index in [0.717, 1.165) is 16.6 Å². The molecule has 0 radical (unpaired) electrons. The Kier molecular flexibility index (Phi) is 5.26. The van der Waals surface area contributed by atoms with Gasteiger partial charge >= 0.3 is 0 Å². The van der Waals surface area contributed by atoms with Crippen LogP contribution in [-0.2, 0) is 0 Å². The van der Waals surface area contributed by atoms with Crippen molar-refractivity contribution in [2.24, 2.45) is 0 Å². The lowest BCUT2D eigenvalue weighted by Gasteiger charge is -2.23. The van der Waals surface area contributed by atoms with E-state index < -0.39 is 0 Å². The topological polar surface area (TPSA) is 46.3 Å². The second-order valence-electron chi connectivity index (χ2n) is 4.67. The summed E-state index contributed by atoms with van der Waals surface area (Å²) in [7, 11) is 0. The highest BCUT2D eigenvalue weighted by Crippen LogP contribution is 2.25. The predicted molar refractivity (Wildman–Crippen MR) is 92.0 cm³/mol. The second-order valence-corrected chi connectivity index (χ2v) is 6.00. The molecule has 0 aliphatic carbocycles. The Morgan fingerprint density at radius 1 is 1.24 bits per heavy atom. The molecule has 0 unspecified atom stereocenters. The molecule has 2 rings (SSSR count). The summed E-state index contributed by atoms with van der Waals surface area (Å²) in [5.74, 6) is -0.112. The molecule has 0 spiro atoms. The highest BCUT2D eigenvalue weighted by atomic mass is 79.9. The second kappa shape index (κ2) is 6.96. The molecule has 0 bridgehead atoms. The zero-order chi connectivity index (χ0) is 15.4. The minimum atomic E-state index is -0.112. The number of nitrogens with zero attached hydrogens (tertiary/aromatic N) is 1. The van der Waals surface area contributed by atoms with E-state index in [4.69, 9.17) is 17.3 Å². The van der Waals surface area contributed by atoms with Crippen LogP contribution in [0.4, 0.5) is 11.4 Å². The first-order chi connectivity index (χ1) is 10.0. The summed E-state index contributed by atoms with van der Waals surface area (Å²) in [5, 5.41) is 0.436. The van der Waals surface area contributed by atoms with Gasteiger partial charge in [0.05, 0.1) is 10.6 Å². The Balaban J connectivity index is 2.37. The van der Waals surface area contributed by atoms with Crippen molar-refractivity contribution in [3.8, 4) is 0 Å². The molecule has 0 saturated carbocycles. The first-order valence-electron chi connectivity index (χ1n) is 6.65. The molecule has 2 aromatic rings. The summed E-state index contributed by atoms with van der Waals surface area (Å²) in [6.07, 6.45) is 0.851. The van der Waals surface area contributed by atoms with Gasteiger partial charge < -0.3 is 10.6 Å². The van der Waals surface area contributed by atoms with E-state index in [9.17, 15) is 4.79 Å². The van der Waals surface area contributed by atoms with Crippen molar-refractivity contribution in [1.82, 2.24) is 0 Å². The monoisotopic (exact) mass is 366 g/mol. The molecular formula is C16H16BrClN2O. The van der Waals surface area contributed by atoms with E-state index in [1.54, 1.807) is 29.2 Å². The predicted octanol–water partition coefficient (Wildman–Crippen LogP) is 4.74. The molecule has 1 amide bonds. The highest BCUT2D eigenvalue weighted by Gasteiger charge is 2.19. The number of halogens is 2. The van der Waals surface area contributed by atoms with Gasteiger partial charge in [0.25, 0.3) is 5.91 Å². The SMILES string of the molecule is CCCN(C(=O)c1ccc(Br)cc1Cl)c1ccc(N)cc1. The lowest BCUT2D eigenvalue weighted by molar-refractivity contribution is 0.0987. The smallest absolute Gasteiger partial charge is 0.259 e. The van der Waals surface area contributed by atoms with Gasteiger partial charge in [-0.15, -0.1) is 0 Å². The number of carbonyl (C=O) groups excluding carboxylic acids is 1. The quantitative estimate of drug-likeness (QED) is 0.793. The molecule has 3 nitrogen and oxygen atoms in total. The number of amides is 1. The zero-order valence-electron chi connectivity index (χ0n) is 11.6. The number of nitrogens with two attached hydrogens (primary N) is 1. The van der Waals surface area contributed by atoms with Gasteiger partial charge in [0.2, 0.25) is 0 Å². The molecule has 110 valence electrons. The average molecular weight is 368 g/mol. The molecule has 0 fully saturated rings. The fourth-order valence-corrected chi connectivity index (χ4v) is 2.79. The first kappa shape index (κ1) is 15.9. The van der Waals surface area contributed by atoms with Gasteiger partial charge in [0, 0.05) is 22.4 Å². The molecule has 0 atom stereocenters. The van der Waals surface area contributed by atoms with E-state index in [0.29, 0.717) is 22.8 Å². The third-order valence-electron chi connectivity index (χ3n) is 3.06. The molecule has 0 saturated heterocycles. The first-order valence-corrected chi connectivity index (χ1v) is 7.82. The van der Waals surface area contributed by atoms with Gasteiger partial charge in [-0.3, -0.25) is 4.79 Å². The van der Waals surface area contributed by atoms with Crippen molar-refractivity contribution in [2.75, 3.05) is 17.2 Å². The minimum Gasteiger partial charge on any atom is -0.399 e. The highest BCUT2D eigenvalue weighted by molar-refractivity contribution is 9.10. The number of benzene rings is 2. The largest absolute Gasteiger partial charge is 0.399 e. The Labute approximate surface area is 137 Å². The maximum Gasteiger partial charge on any atom is 0.259 e. The van der Waals surface area contributed by atoms with Crippen LogP contribution in [0.15, 0.2) is 46.9 Å². The van der Waals surface area contributed by atoms with Gasteiger partial charge in [0.1, 0.15) is 0 Å². The van der Waals surface area contributed by atoms with Crippen molar-refractivity contribution in [3.05, 3.63) is 57.5 Å². The van der Waals surface area contributed by atoms with Gasteiger partial charge in [0.15, 0.2) is 0 Å². The summed E-state index contributed by atoms with van der Waals surface area (Å²) in [4.78, 5) is 14.5. The van der Waals surface area contributed by atoms with Crippen LogP contribution in [0.3, 0.4) is 0 Å². The lowest BCUT2D eigenvalue weighted by atomic mass is 10.1. The number of anilines is 2. The van der Waals surface area contributed by atoms with Crippen molar-refractivity contribution < 1.29 is 4.79 Å². The van der Waals surface area contributed by atoms with Gasteiger partial charge in [-0.25, -0.2) is 0 Å². The van der Waals surface area contributed by atoms with E-state index >= 15 is 0 Å². The molecule has 21 heavy (non-hydrogen) atoms. The van der Waals surface area contributed by atoms with Crippen LogP contribution >= 0.6 is 27.5 Å². The third kappa shape index (κ3) is 3.77. The van der Waals surface area contributed by atoms with Crippen molar-refractivity contribution in [3.63, 3.8) is 0 Å². The van der Waals surface area contributed by atoms with Crippen LogP contribution in [-0.4, -0.2) is 12.5 Å². The molecule has 0 aliphatic heterocycles. The lowest BCUT2D eigenvalue weighted by Crippen LogP contribution is -2.31. The van der Waals surface area contributed by atoms with Crippen molar-refractivity contribution in [2.45, 2.75) is 13.3 Å². The van der Waals surface area contributed by atoms with Crippen LogP contribution in [0.5, 0.6) is 0 Å². The normalized spacial score (nSPS) is 10.4. The number of carbonyl (C=O) groups is 1. The van der Waals surface area contributed by atoms with Crippen LogP contribution in [0.1, 0.15) is 23.7 Å². The summed E-state index contributed by atoms with van der Waals surface area (Å²) in [6.45, 7) is 2.65.